The van der Waals surface area contributed by atoms with Crippen molar-refractivity contribution in [3.8, 4) is 6.07 Å². The van der Waals surface area contributed by atoms with E-state index >= 15 is 4.39 Å². The van der Waals surface area contributed by atoms with Crippen LogP contribution in [0.2, 0.25) is 0 Å². The number of amidine groups is 1. The number of nitrogens with two attached hydrogens (primary N) is 1. The number of thioether (sulfide) groups is 1. The van der Waals surface area contributed by atoms with Crippen molar-refractivity contribution < 1.29 is 18.3 Å². The van der Waals surface area contributed by atoms with Crippen LogP contribution in [0.5, 0.6) is 0 Å². The molecule has 10 heteroatoms. The largest absolute Gasteiger partial charge is 0.379 e. The van der Waals surface area contributed by atoms with Crippen molar-refractivity contribution in [2.75, 3.05) is 24.4 Å². The Morgan fingerprint density at radius 3 is 2.97 bits per heavy atom. The van der Waals surface area contributed by atoms with E-state index in [2.05, 4.69) is 15.3 Å². The van der Waals surface area contributed by atoms with E-state index in [9.17, 15) is 9.18 Å². The summed E-state index contributed by atoms with van der Waals surface area (Å²) in [6.07, 6.45) is 0.935. The molecule has 0 spiro atoms. The number of aliphatic imine (C=N–C) groups is 1. The first-order valence-corrected chi connectivity index (χ1v) is 10.6. The molecule has 0 radical (unpaired) electrons. The second-order valence-electron chi connectivity index (χ2n) is 7.30. The van der Waals surface area contributed by atoms with E-state index in [0.717, 1.165) is 0 Å². The van der Waals surface area contributed by atoms with E-state index < -0.39 is 36.0 Å². The Morgan fingerprint density at radius 2 is 2.26 bits per heavy atom. The first-order chi connectivity index (χ1) is 15.0. The van der Waals surface area contributed by atoms with E-state index in [4.69, 9.17) is 15.7 Å². The fourth-order valence-corrected chi connectivity index (χ4v) is 5.10. The van der Waals surface area contributed by atoms with Crippen LogP contribution in [0.25, 0.3) is 0 Å². The summed E-state index contributed by atoms with van der Waals surface area (Å²) in [6.45, 7) is -0.484. The second kappa shape index (κ2) is 8.61. The molecule has 31 heavy (non-hydrogen) atoms. The number of nitrogens with one attached hydrogen (secondary N) is 1. The number of alkyl halides is 1. The molecule has 3 N–H and O–H groups in total. The van der Waals surface area contributed by atoms with Crippen molar-refractivity contribution in [1.29, 1.82) is 5.26 Å². The summed E-state index contributed by atoms with van der Waals surface area (Å²) < 4.78 is 34.2. The monoisotopic (exact) mass is 443 g/mol. The summed E-state index contributed by atoms with van der Waals surface area (Å²) in [5.74, 6) is -0.965. The zero-order chi connectivity index (χ0) is 22.0. The van der Waals surface area contributed by atoms with Gasteiger partial charge >= 0.3 is 0 Å². The molecule has 1 fully saturated rings. The Kier molecular flexibility index (Phi) is 5.89. The van der Waals surface area contributed by atoms with Crippen LogP contribution in [-0.2, 0) is 10.3 Å². The Labute approximate surface area is 181 Å². The minimum absolute atomic E-state index is 0.112. The van der Waals surface area contributed by atoms with E-state index in [1.54, 1.807) is 0 Å². The maximum absolute atomic E-state index is 15.0. The fraction of sp³-hybridized carbons (Fsp3) is 0.333. The summed E-state index contributed by atoms with van der Waals surface area (Å²) >= 11 is 1.29. The molecule has 3 heterocycles. The molecule has 2 aromatic rings. The molecule has 1 aromatic carbocycles. The molecule has 1 amide bonds. The average molecular weight is 443 g/mol. The highest BCUT2D eigenvalue weighted by Crippen LogP contribution is 2.48. The van der Waals surface area contributed by atoms with Crippen LogP contribution < -0.4 is 11.1 Å². The number of anilines is 1. The third-order valence-corrected chi connectivity index (χ3v) is 6.48. The number of amides is 1. The van der Waals surface area contributed by atoms with Gasteiger partial charge in [0.1, 0.15) is 24.3 Å². The minimum atomic E-state index is -1.07. The first-order valence-electron chi connectivity index (χ1n) is 9.60. The summed E-state index contributed by atoms with van der Waals surface area (Å²) in [5.41, 5.74) is 5.94. The zero-order valence-electron chi connectivity index (χ0n) is 16.3. The van der Waals surface area contributed by atoms with E-state index in [1.165, 1.54) is 48.3 Å². The maximum Gasteiger partial charge on any atom is 0.274 e. The van der Waals surface area contributed by atoms with Crippen LogP contribution in [-0.4, -0.2) is 41.2 Å². The van der Waals surface area contributed by atoms with Crippen molar-refractivity contribution in [2.45, 2.75) is 18.1 Å². The Bertz CT molecular complexity index is 1070. The molecule has 3 atom stereocenters. The molecule has 0 saturated carbocycles. The molecule has 1 aromatic heterocycles. The van der Waals surface area contributed by atoms with Crippen LogP contribution >= 0.6 is 11.8 Å². The fourth-order valence-electron chi connectivity index (χ4n) is 4.03. The topological polar surface area (TPSA) is 113 Å². The number of hydrogen-bond donors (Lipinski definition) is 2. The van der Waals surface area contributed by atoms with Gasteiger partial charge in [-0.25, -0.2) is 13.8 Å². The van der Waals surface area contributed by atoms with Crippen molar-refractivity contribution in [1.82, 2.24) is 4.98 Å². The molecule has 0 unspecified atom stereocenters. The number of benzene rings is 1. The Hall–Kier alpha value is -3.03. The van der Waals surface area contributed by atoms with E-state index in [0.29, 0.717) is 28.6 Å². The van der Waals surface area contributed by atoms with Crippen molar-refractivity contribution >= 4 is 28.5 Å². The number of carbonyl (C=O) groups excluding carboxylic acids is 1. The number of fused-ring (bicyclic) bond motifs is 1. The summed E-state index contributed by atoms with van der Waals surface area (Å²) in [4.78, 5) is 21.1. The standard InChI is InChI=1S/C21H19F2N5O2S/c22-8-18-15-11-31-20(25)28-21(15,5-6-30-18)14-7-13(2-3-16(14)23)27-19(29)17-4-1-12(9-24)10-26-17/h1-4,7,10,15,18H,5-6,8,11H2,(H2,25,28)(H,27,29)/t15-,18-,21-/m1/s1. The summed E-state index contributed by atoms with van der Waals surface area (Å²) in [5, 5.41) is 11.9. The molecule has 4 rings (SSSR count). The van der Waals surface area contributed by atoms with Crippen LogP contribution in [0.15, 0.2) is 41.5 Å². The smallest absolute Gasteiger partial charge is 0.274 e. The number of nitriles is 1. The van der Waals surface area contributed by atoms with Gasteiger partial charge in [0.15, 0.2) is 5.17 Å². The number of nitrogens with zero attached hydrogens (tertiary/aromatic N) is 3. The Balaban J connectivity index is 1.69. The van der Waals surface area contributed by atoms with Gasteiger partial charge in [0.05, 0.1) is 17.2 Å². The molecule has 0 aliphatic carbocycles. The van der Waals surface area contributed by atoms with Gasteiger partial charge in [-0.05, 0) is 30.3 Å². The van der Waals surface area contributed by atoms with Gasteiger partial charge < -0.3 is 15.8 Å². The number of halogens is 2. The SMILES string of the molecule is N#Cc1ccc(C(=O)Nc2ccc(F)c([C@]34CCO[C@H](CF)[C@H]3CSC(N)=N4)c2)nc1. The first kappa shape index (κ1) is 21.2. The summed E-state index contributed by atoms with van der Waals surface area (Å²) in [7, 11) is 0. The van der Waals surface area contributed by atoms with Gasteiger partial charge in [-0.3, -0.25) is 9.79 Å². The lowest BCUT2D eigenvalue weighted by molar-refractivity contribution is -0.0714. The molecular weight excluding hydrogens is 424 g/mol. The van der Waals surface area contributed by atoms with Gasteiger partial charge in [0.25, 0.3) is 5.91 Å². The molecule has 160 valence electrons. The number of carbonyl (C=O) groups is 1. The third-order valence-electron chi connectivity index (χ3n) is 5.57. The predicted octanol–water partition coefficient (Wildman–Crippen LogP) is 2.98. The van der Waals surface area contributed by atoms with E-state index in [-0.39, 0.29) is 17.9 Å². The molecule has 2 aliphatic heterocycles. The maximum atomic E-state index is 15.0. The Morgan fingerprint density at radius 1 is 1.42 bits per heavy atom. The zero-order valence-corrected chi connectivity index (χ0v) is 17.2. The molecule has 0 bridgehead atoms. The number of rotatable bonds is 4. The highest BCUT2D eigenvalue weighted by atomic mass is 32.2. The van der Waals surface area contributed by atoms with Crippen molar-refractivity contribution in [3.63, 3.8) is 0 Å². The normalized spacial score (nSPS) is 25.1. The quantitative estimate of drug-likeness (QED) is 0.751. The molecular formula is C21H19F2N5O2S. The molecule has 1 saturated heterocycles. The van der Waals surface area contributed by atoms with Crippen LogP contribution in [0, 0.1) is 23.1 Å². The van der Waals surface area contributed by atoms with E-state index in [1.807, 2.05) is 6.07 Å². The second-order valence-corrected chi connectivity index (χ2v) is 8.34. The minimum Gasteiger partial charge on any atom is -0.379 e. The van der Waals surface area contributed by atoms with Crippen molar-refractivity contribution in [3.05, 3.63) is 59.2 Å². The third kappa shape index (κ3) is 3.98. The predicted molar refractivity (Wildman–Crippen MR) is 113 cm³/mol. The lowest BCUT2D eigenvalue weighted by atomic mass is 9.72. The highest BCUT2D eigenvalue weighted by molar-refractivity contribution is 8.13. The van der Waals surface area contributed by atoms with Crippen LogP contribution in [0.1, 0.15) is 28.0 Å². The van der Waals surface area contributed by atoms with Gasteiger partial charge in [-0.2, -0.15) is 5.26 Å². The number of hydrogen-bond acceptors (Lipinski definition) is 7. The lowest BCUT2D eigenvalue weighted by Gasteiger charge is -2.47. The number of aromatic nitrogens is 1. The summed E-state index contributed by atoms with van der Waals surface area (Å²) in [6, 6.07) is 9.04. The van der Waals surface area contributed by atoms with Crippen LogP contribution in [0.4, 0.5) is 14.5 Å². The lowest BCUT2D eigenvalue weighted by Crippen LogP contribution is -2.52. The number of ether oxygens (including phenoxy) is 1. The molecule has 7 nitrogen and oxygen atoms in total. The van der Waals surface area contributed by atoms with Gasteiger partial charge in [0, 0.05) is 42.1 Å². The molecule has 2 aliphatic rings. The van der Waals surface area contributed by atoms with Gasteiger partial charge in [-0.15, -0.1) is 0 Å². The van der Waals surface area contributed by atoms with Crippen LogP contribution in [0.3, 0.4) is 0 Å². The number of pyridine rings is 1. The van der Waals surface area contributed by atoms with Gasteiger partial charge in [-0.1, -0.05) is 11.8 Å². The van der Waals surface area contributed by atoms with Crippen molar-refractivity contribution in [2.24, 2.45) is 16.6 Å². The van der Waals surface area contributed by atoms with Gasteiger partial charge in [0.2, 0.25) is 0 Å². The highest BCUT2D eigenvalue weighted by Gasteiger charge is 2.51. The average Bonchev–Trinajstić information content (AvgIpc) is 2.79.